The standard InChI is InChI=1S/C16H23N5S2.ClH/c1-20(11-14-18-4-7-22-14)13-8-16(13)2-5-21(6-3-16)10-12-9-19-15(17)23-12;/h4,7,9,13H,2-3,5-6,8,10-11H2,1H3,(H2,17,19);1H. The van der Waals surface area contributed by atoms with Gasteiger partial charge in [0.25, 0.3) is 0 Å². The average molecular weight is 386 g/mol. The van der Waals surface area contributed by atoms with Crippen LogP contribution in [-0.4, -0.2) is 45.9 Å². The van der Waals surface area contributed by atoms with Crippen LogP contribution in [0.25, 0.3) is 0 Å². The van der Waals surface area contributed by atoms with Gasteiger partial charge in [-0.25, -0.2) is 9.97 Å². The molecule has 0 radical (unpaired) electrons. The van der Waals surface area contributed by atoms with Gasteiger partial charge < -0.3 is 5.73 Å². The number of hydrogen-bond acceptors (Lipinski definition) is 7. The number of thiazole rings is 2. The van der Waals surface area contributed by atoms with Gasteiger partial charge in [0.2, 0.25) is 0 Å². The Hall–Kier alpha value is -0.730. The fourth-order valence-electron chi connectivity index (χ4n) is 3.91. The van der Waals surface area contributed by atoms with Gasteiger partial charge >= 0.3 is 0 Å². The molecular formula is C16H24ClN5S2. The third kappa shape index (κ3) is 3.75. The highest BCUT2D eigenvalue weighted by Gasteiger charge is 2.56. The number of anilines is 1. The van der Waals surface area contributed by atoms with Gasteiger partial charge in [0, 0.05) is 35.2 Å². The van der Waals surface area contributed by atoms with E-state index in [0.29, 0.717) is 10.5 Å². The van der Waals surface area contributed by atoms with Gasteiger partial charge in [-0.15, -0.1) is 35.1 Å². The van der Waals surface area contributed by atoms with Crippen molar-refractivity contribution in [3.63, 3.8) is 0 Å². The number of aromatic nitrogens is 2. The van der Waals surface area contributed by atoms with Crippen molar-refractivity contribution in [1.29, 1.82) is 0 Å². The predicted molar refractivity (Wildman–Crippen MR) is 103 cm³/mol. The number of nitrogen functional groups attached to an aromatic ring is 1. The van der Waals surface area contributed by atoms with Crippen molar-refractivity contribution in [3.05, 3.63) is 27.7 Å². The lowest BCUT2D eigenvalue weighted by Gasteiger charge is -2.33. The second kappa shape index (κ2) is 7.25. The second-order valence-corrected chi connectivity index (χ2v) is 8.99. The predicted octanol–water partition coefficient (Wildman–Crippen LogP) is 3.09. The first-order valence-electron chi connectivity index (χ1n) is 8.16. The summed E-state index contributed by atoms with van der Waals surface area (Å²) in [5.74, 6) is 0. The number of piperidine rings is 1. The maximum absolute atomic E-state index is 5.72. The molecule has 132 valence electrons. The van der Waals surface area contributed by atoms with Crippen molar-refractivity contribution in [2.45, 2.75) is 38.4 Å². The van der Waals surface area contributed by atoms with Crippen molar-refractivity contribution in [2.24, 2.45) is 5.41 Å². The smallest absolute Gasteiger partial charge is 0.180 e. The van der Waals surface area contributed by atoms with Crippen LogP contribution < -0.4 is 5.73 Å². The first-order valence-corrected chi connectivity index (χ1v) is 9.85. The summed E-state index contributed by atoms with van der Waals surface area (Å²) in [4.78, 5) is 14.9. The Bertz CT molecular complexity index is 651. The van der Waals surface area contributed by atoms with E-state index in [9.17, 15) is 0 Å². The van der Waals surface area contributed by atoms with Crippen LogP contribution in [0.4, 0.5) is 5.13 Å². The van der Waals surface area contributed by atoms with E-state index in [1.165, 1.54) is 42.2 Å². The molecule has 3 heterocycles. The number of likely N-dealkylation sites (tertiary alicyclic amines) is 1. The van der Waals surface area contributed by atoms with E-state index < -0.39 is 0 Å². The van der Waals surface area contributed by atoms with Crippen LogP contribution in [0.15, 0.2) is 17.8 Å². The molecule has 1 aliphatic carbocycles. The Morgan fingerprint density at radius 2 is 2.17 bits per heavy atom. The topological polar surface area (TPSA) is 58.3 Å². The molecule has 1 atom stereocenters. The summed E-state index contributed by atoms with van der Waals surface area (Å²) in [5.41, 5.74) is 6.29. The molecule has 2 N–H and O–H groups in total. The summed E-state index contributed by atoms with van der Waals surface area (Å²) in [6, 6.07) is 0.743. The van der Waals surface area contributed by atoms with Crippen LogP contribution in [0.2, 0.25) is 0 Å². The number of hydrogen-bond donors (Lipinski definition) is 1. The minimum Gasteiger partial charge on any atom is -0.375 e. The molecule has 5 nitrogen and oxygen atoms in total. The Labute approximate surface area is 157 Å². The Balaban J connectivity index is 0.00000169. The molecule has 2 aliphatic rings. The fraction of sp³-hybridized carbons (Fsp3) is 0.625. The highest BCUT2D eigenvalue weighted by molar-refractivity contribution is 7.15. The summed E-state index contributed by atoms with van der Waals surface area (Å²) in [5, 5.41) is 3.98. The molecule has 8 heteroatoms. The summed E-state index contributed by atoms with van der Waals surface area (Å²) >= 11 is 3.37. The first-order chi connectivity index (χ1) is 11.1. The quantitative estimate of drug-likeness (QED) is 0.856. The average Bonchev–Trinajstić information content (AvgIpc) is 2.88. The van der Waals surface area contributed by atoms with Crippen molar-refractivity contribution >= 4 is 40.2 Å². The van der Waals surface area contributed by atoms with Gasteiger partial charge in [-0.2, -0.15) is 0 Å². The van der Waals surface area contributed by atoms with E-state index in [-0.39, 0.29) is 12.4 Å². The van der Waals surface area contributed by atoms with Crippen LogP contribution in [0.3, 0.4) is 0 Å². The number of nitrogens with zero attached hydrogens (tertiary/aromatic N) is 4. The highest BCUT2D eigenvalue weighted by Crippen LogP contribution is 2.56. The molecule has 1 spiro atoms. The molecule has 1 saturated heterocycles. The van der Waals surface area contributed by atoms with Gasteiger partial charge in [-0.05, 0) is 44.8 Å². The van der Waals surface area contributed by atoms with Crippen LogP contribution in [-0.2, 0) is 13.1 Å². The largest absolute Gasteiger partial charge is 0.375 e. The normalized spacial score (nSPS) is 22.7. The lowest BCUT2D eigenvalue weighted by Crippen LogP contribution is -2.37. The summed E-state index contributed by atoms with van der Waals surface area (Å²) in [6.45, 7) is 4.39. The minimum absolute atomic E-state index is 0. The Kier molecular flexibility index (Phi) is 5.46. The van der Waals surface area contributed by atoms with E-state index >= 15 is 0 Å². The molecule has 4 rings (SSSR count). The van der Waals surface area contributed by atoms with Crippen LogP contribution in [0, 0.1) is 5.41 Å². The maximum Gasteiger partial charge on any atom is 0.180 e. The molecular weight excluding hydrogens is 362 g/mol. The van der Waals surface area contributed by atoms with E-state index in [0.717, 1.165) is 19.1 Å². The van der Waals surface area contributed by atoms with E-state index in [2.05, 4.69) is 32.2 Å². The van der Waals surface area contributed by atoms with Gasteiger partial charge in [0.05, 0.1) is 6.54 Å². The molecule has 2 aromatic rings. The van der Waals surface area contributed by atoms with E-state index in [1.54, 1.807) is 22.7 Å². The highest BCUT2D eigenvalue weighted by atomic mass is 35.5. The summed E-state index contributed by atoms with van der Waals surface area (Å²) in [6.07, 6.45) is 7.81. The molecule has 1 aliphatic heterocycles. The molecule has 2 fully saturated rings. The Morgan fingerprint density at radius 3 is 2.79 bits per heavy atom. The molecule has 0 bridgehead atoms. The van der Waals surface area contributed by atoms with Crippen LogP contribution in [0.1, 0.15) is 29.1 Å². The number of halogens is 1. The fourth-order valence-corrected chi connectivity index (χ4v) is 5.32. The molecule has 2 aromatic heterocycles. The van der Waals surface area contributed by atoms with Crippen molar-refractivity contribution < 1.29 is 0 Å². The maximum atomic E-state index is 5.72. The zero-order valence-corrected chi connectivity index (χ0v) is 16.3. The summed E-state index contributed by atoms with van der Waals surface area (Å²) in [7, 11) is 2.26. The second-order valence-electron chi connectivity index (χ2n) is 6.86. The monoisotopic (exact) mass is 385 g/mol. The van der Waals surface area contributed by atoms with E-state index in [1.807, 2.05) is 12.4 Å². The van der Waals surface area contributed by atoms with Crippen molar-refractivity contribution in [3.8, 4) is 0 Å². The van der Waals surface area contributed by atoms with Crippen LogP contribution in [0.5, 0.6) is 0 Å². The van der Waals surface area contributed by atoms with Gasteiger partial charge in [0.15, 0.2) is 5.13 Å². The van der Waals surface area contributed by atoms with Gasteiger partial charge in [0.1, 0.15) is 5.01 Å². The lowest BCUT2D eigenvalue weighted by molar-refractivity contribution is 0.140. The zero-order valence-electron chi connectivity index (χ0n) is 13.9. The minimum atomic E-state index is 0. The SMILES string of the molecule is CN(Cc1nccs1)C1CC12CCN(Cc1cnc(N)s1)CC2.Cl. The third-order valence-electron chi connectivity index (χ3n) is 5.35. The molecule has 1 saturated carbocycles. The molecule has 1 unspecified atom stereocenters. The molecule has 24 heavy (non-hydrogen) atoms. The van der Waals surface area contributed by atoms with Crippen molar-refractivity contribution in [1.82, 2.24) is 19.8 Å². The zero-order chi connectivity index (χ0) is 15.9. The number of nitrogens with two attached hydrogens (primary N) is 1. The lowest BCUT2D eigenvalue weighted by atomic mass is 9.92. The number of rotatable bonds is 5. The van der Waals surface area contributed by atoms with Crippen LogP contribution >= 0.6 is 35.1 Å². The van der Waals surface area contributed by atoms with E-state index in [4.69, 9.17) is 5.73 Å². The summed E-state index contributed by atoms with van der Waals surface area (Å²) < 4.78 is 0. The van der Waals surface area contributed by atoms with Gasteiger partial charge in [-0.1, -0.05) is 0 Å². The molecule has 0 aromatic carbocycles. The third-order valence-corrected chi connectivity index (χ3v) is 6.93. The van der Waals surface area contributed by atoms with Crippen molar-refractivity contribution in [2.75, 3.05) is 25.9 Å². The molecule has 0 amide bonds. The Morgan fingerprint density at radius 1 is 1.38 bits per heavy atom. The van der Waals surface area contributed by atoms with Gasteiger partial charge in [-0.3, -0.25) is 9.80 Å². The first kappa shape index (κ1) is 18.1.